The van der Waals surface area contributed by atoms with E-state index in [4.69, 9.17) is 0 Å². The summed E-state index contributed by atoms with van der Waals surface area (Å²) in [6.07, 6.45) is 4.30. The molecule has 96 valence electrons. The molecule has 0 atom stereocenters. The molecule has 0 saturated carbocycles. The maximum atomic E-state index is 3.59. The monoisotopic (exact) mass is 348 g/mol. The molecule has 0 aliphatic heterocycles. The largest absolute Gasteiger partial charge is 0.122 e. The quantitative estimate of drug-likeness (QED) is 0.567. The van der Waals surface area contributed by atoms with E-state index in [-0.39, 0.29) is 0 Å². The Morgan fingerprint density at radius 3 is 2.16 bits per heavy atom. The van der Waals surface area contributed by atoms with E-state index >= 15 is 0 Å². The molecule has 2 aromatic rings. The maximum Gasteiger partial charge on any atom is 0.0481 e. The van der Waals surface area contributed by atoms with Crippen molar-refractivity contribution in [2.24, 2.45) is 0 Å². The van der Waals surface area contributed by atoms with Gasteiger partial charge in [0, 0.05) is 14.3 Å². The topological polar surface area (TPSA) is 0 Å². The Bertz CT molecular complexity index is 668. The van der Waals surface area contributed by atoms with Crippen LogP contribution in [0.15, 0.2) is 51.2 Å². The van der Waals surface area contributed by atoms with Crippen LogP contribution >= 0.6 is 39.5 Å². The standard InChI is InChI=1S/C16H13BrS2/c1-18-16(19-2)15-13-6-4-3-5-11(13)12-8-7-10(17)9-14(12)15/h3-9H,1-2H3. The molecule has 19 heavy (non-hydrogen) atoms. The fraction of sp³-hybridized carbons (Fsp3) is 0.125. The van der Waals surface area contributed by atoms with Crippen LogP contribution in [-0.4, -0.2) is 12.5 Å². The van der Waals surface area contributed by atoms with Crippen molar-refractivity contribution in [2.45, 2.75) is 0 Å². The Morgan fingerprint density at radius 1 is 0.842 bits per heavy atom. The van der Waals surface area contributed by atoms with Gasteiger partial charge in [0.15, 0.2) is 0 Å². The number of thioether (sulfide) groups is 2. The van der Waals surface area contributed by atoms with Crippen LogP contribution in [0.3, 0.4) is 0 Å². The number of benzene rings is 2. The number of hydrogen-bond acceptors (Lipinski definition) is 2. The van der Waals surface area contributed by atoms with Gasteiger partial charge in [-0.2, -0.15) is 0 Å². The number of halogens is 1. The van der Waals surface area contributed by atoms with Gasteiger partial charge in [0.1, 0.15) is 0 Å². The Hall–Kier alpha value is -0.640. The van der Waals surface area contributed by atoms with Gasteiger partial charge in [0.2, 0.25) is 0 Å². The summed E-state index contributed by atoms with van der Waals surface area (Å²) in [5, 5.41) is 0. The van der Waals surface area contributed by atoms with Crippen LogP contribution in [0, 0.1) is 0 Å². The molecule has 0 nitrogen and oxygen atoms in total. The van der Waals surface area contributed by atoms with Crippen LogP contribution in [0.25, 0.3) is 16.7 Å². The first-order valence-corrected chi connectivity index (χ1v) is 9.22. The summed E-state index contributed by atoms with van der Waals surface area (Å²) >= 11 is 7.25. The molecule has 0 bridgehead atoms. The lowest BCUT2D eigenvalue weighted by molar-refractivity contribution is 1.61. The van der Waals surface area contributed by atoms with Crippen molar-refractivity contribution < 1.29 is 0 Å². The van der Waals surface area contributed by atoms with E-state index in [1.807, 2.05) is 23.5 Å². The first-order chi connectivity index (χ1) is 9.26. The number of rotatable bonds is 2. The van der Waals surface area contributed by atoms with Crippen molar-refractivity contribution in [1.82, 2.24) is 0 Å². The van der Waals surface area contributed by atoms with E-state index in [0.717, 1.165) is 4.47 Å². The van der Waals surface area contributed by atoms with Crippen molar-refractivity contribution in [3.8, 4) is 11.1 Å². The fourth-order valence-electron chi connectivity index (χ4n) is 2.55. The lowest BCUT2D eigenvalue weighted by Gasteiger charge is -2.09. The zero-order valence-corrected chi connectivity index (χ0v) is 14.0. The van der Waals surface area contributed by atoms with Gasteiger partial charge in [-0.25, -0.2) is 0 Å². The SMILES string of the molecule is CSC(SC)=C1c2ccccc2-c2ccc(Br)cc21. The first kappa shape index (κ1) is 13.3. The average molecular weight is 349 g/mol. The summed E-state index contributed by atoms with van der Waals surface area (Å²) in [4.78, 5) is 0. The molecule has 0 heterocycles. The van der Waals surface area contributed by atoms with E-state index in [2.05, 4.69) is 70.9 Å². The molecule has 3 heteroatoms. The van der Waals surface area contributed by atoms with Crippen molar-refractivity contribution >= 4 is 45.0 Å². The predicted molar refractivity (Wildman–Crippen MR) is 92.6 cm³/mol. The van der Waals surface area contributed by atoms with Crippen LogP contribution in [0.4, 0.5) is 0 Å². The van der Waals surface area contributed by atoms with E-state index < -0.39 is 0 Å². The van der Waals surface area contributed by atoms with Crippen molar-refractivity contribution in [2.75, 3.05) is 12.5 Å². The van der Waals surface area contributed by atoms with Crippen LogP contribution in [0.5, 0.6) is 0 Å². The van der Waals surface area contributed by atoms with E-state index in [1.54, 1.807) is 0 Å². The molecule has 1 aliphatic rings. The minimum Gasteiger partial charge on any atom is -0.122 e. The van der Waals surface area contributed by atoms with Gasteiger partial charge in [-0.3, -0.25) is 0 Å². The molecule has 0 unspecified atom stereocenters. The molecular weight excluding hydrogens is 336 g/mol. The zero-order chi connectivity index (χ0) is 13.4. The van der Waals surface area contributed by atoms with Crippen molar-refractivity contribution in [1.29, 1.82) is 0 Å². The van der Waals surface area contributed by atoms with Gasteiger partial charge in [-0.1, -0.05) is 46.3 Å². The molecule has 0 fully saturated rings. The molecule has 3 rings (SSSR count). The minimum atomic E-state index is 1.14. The smallest absolute Gasteiger partial charge is 0.0481 e. The van der Waals surface area contributed by atoms with Crippen LogP contribution in [0.2, 0.25) is 0 Å². The number of hydrogen-bond donors (Lipinski definition) is 0. The Morgan fingerprint density at radius 2 is 1.47 bits per heavy atom. The summed E-state index contributed by atoms with van der Waals surface area (Å²) in [6, 6.07) is 15.2. The molecule has 0 N–H and O–H groups in total. The first-order valence-electron chi connectivity index (χ1n) is 5.98. The van der Waals surface area contributed by atoms with Gasteiger partial charge in [0.25, 0.3) is 0 Å². The van der Waals surface area contributed by atoms with E-state index in [9.17, 15) is 0 Å². The molecule has 0 radical (unpaired) electrons. The van der Waals surface area contributed by atoms with Gasteiger partial charge in [-0.05, 0) is 46.9 Å². The molecule has 0 saturated heterocycles. The normalized spacial score (nSPS) is 12.3. The Kier molecular flexibility index (Phi) is 3.79. The third-order valence-corrected chi connectivity index (χ3v) is 5.96. The summed E-state index contributed by atoms with van der Waals surface area (Å²) in [7, 11) is 0. The van der Waals surface area contributed by atoms with Crippen LogP contribution in [0.1, 0.15) is 11.1 Å². The highest BCUT2D eigenvalue weighted by molar-refractivity contribution is 9.10. The number of fused-ring (bicyclic) bond motifs is 3. The highest BCUT2D eigenvalue weighted by Gasteiger charge is 2.25. The van der Waals surface area contributed by atoms with E-state index in [0.29, 0.717) is 0 Å². The lowest BCUT2D eigenvalue weighted by Crippen LogP contribution is -1.84. The second-order valence-corrected chi connectivity index (χ2v) is 7.11. The minimum absolute atomic E-state index is 1.14. The molecule has 0 amide bonds. The third-order valence-electron chi connectivity index (χ3n) is 3.31. The zero-order valence-electron chi connectivity index (χ0n) is 10.7. The second kappa shape index (κ2) is 5.39. The van der Waals surface area contributed by atoms with Crippen molar-refractivity contribution in [3.05, 3.63) is 62.3 Å². The average Bonchev–Trinajstić information content (AvgIpc) is 2.75. The van der Waals surface area contributed by atoms with Crippen LogP contribution < -0.4 is 0 Å². The predicted octanol–water partition coefficient (Wildman–Crippen LogP) is 5.87. The van der Waals surface area contributed by atoms with Gasteiger partial charge in [-0.15, -0.1) is 23.5 Å². The van der Waals surface area contributed by atoms with Crippen molar-refractivity contribution in [3.63, 3.8) is 0 Å². The summed E-state index contributed by atoms with van der Waals surface area (Å²) in [5.74, 6) is 0. The fourth-order valence-corrected chi connectivity index (χ4v) is 4.42. The highest BCUT2D eigenvalue weighted by atomic mass is 79.9. The Balaban J connectivity index is 2.38. The molecule has 0 aromatic heterocycles. The molecule has 2 aromatic carbocycles. The molecular formula is C16H13BrS2. The third kappa shape index (κ3) is 2.18. The molecule has 1 aliphatic carbocycles. The van der Waals surface area contributed by atoms with E-state index in [1.165, 1.54) is 32.1 Å². The lowest BCUT2D eigenvalue weighted by atomic mass is 10.1. The second-order valence-electron chi connectivity index (χ2n) is 4.31. The van der Waals surface area contributed by atoms with Gasteiger partial charge in [0.05, 0.1) is 0 Å². The Labute approximate surface area is 130 Å². The van der Waals surface area contributed by atoms with Gasteiger partial charge < -0.3 is 0 Å². The van der Waals surface area contributed by atoms with Gasteiger partial charge >= 0.3 is 0 Å². The summed E-state index contributed by atoms with van der Waals surface area (Å²) < 4.78 is 2.52. The maximum absolute atomic E-state index is 3.59. The summed E-state index contributed by atoms with van der Waals surface area (Å²) in [5.41, 5.74) is 6.77. The van der Waals surface area contributed by atoms with Crippen LogP contribution in [-0.2, 0) is 0 Å². The summed E-state index contributed by atoms with van der Waals surface area (Å²) in [6.45, 7) is 0. The highest BCUT2D eigenvalue weighted by Crippen LogP contribution is 2.49. The molecule has 0 spiro atoms.